The maximum atomic E-state index is 13.6. The fraction of sp³-hybridized carbons (Fsp3) is 0.115. The van der Waals surface area contributed by atoms with Crippen LogP contribution in [0.4, 0.5) is 10.5 Å². The number of benzene rings is 3. The number of hydrogen-bond acceptors (Lipinski definition) is 1. The normalized spacial score (nSPS) is 15.0. The summed E-state index contributed by atoms with van der Waals surface area (Å²) in [7, 11) is 0. The summed E-state index contributed by atoms with van der Waals surface area (Å²) in [4.78, 5) is 15.5. The number of nitrogens with zero attached hydrogens (tertiary/aromatic N) is 2. The van der Waals surface area contributed by atoms with E-state index in [1.165, 1.54) is 5.56 Å². The summed E-state index contributed by atoms with van der Waals surface area (Å²) in [6.07, 6.45) is 2.07. The van der Waals surface area contributed by atoms with Crippen molar-refractivity contribution in [2.75, 3.05) is 5.32 Å². The largest absolute Gasteiger partial charge is 0.322 e. The molecule has 0 fully saturated rings. The molecular weight excluding hydrogens is 450 g/mol. The van der Waals surface area contributed by atoms with E-state index in [4.69, 9.17) is 0 Å². The zero-order valence-electron chi connectivity index (χ0n) is 17.1. The highest BCUT2D eigenvalue weighted by atomic mass is 79.9. The number of nitrogens with one attached hydrogen (secondary N) is 1. The molecule has 3 aromatic carbocycles. The minimum atomic E-state index is -0.213. The van der Waals surface area contributed by atoms with Gasteiger partial charge in [0.2, 0.25) is 0 Å². The van der Waals surface area contributed by atoms with Crippen molar-refractivity contribution < 1.29 is 4.79 Å². The van der Waals surface area contributed by atoms with Crippen LogP contribution >= 0.6 is 15.9 Å². The summed E-state index contributed by atoms with van der Waals surface area (Å²) >= 11 is 3.49. The number of halogens is 1. The number of carbonyl (C=O) groups excluding carboxylic acids is 1. The first-order valence-electron chi connectivity index (χ1n) is 10.3. The van der Waals surface area contributed by atoms with Gasteiger partial charge >= 0.3 is 6.03 Å². The van der Waals surface area contributed by atoms with Crippen LogP contribution in [0.1, 0.15) is 28.4 Å². The third kappa shape index (κ3) is 3.77. The van der Waals surface area contributed by atoms with Crippen LogP contribution in [0, 0.1) is 6.92 Å². The Balaban J connectivity index is 1.63. The Kier molecular flexibility index (Phi) is 5.12. The van der Waals surface area contributed by atoms with Crippen LogP contribution < -0.4 is 5.32 Å². The highest BCUT2D eigenvalue weighted by molar-refractivity contribution is 9.10. The van der Waals surface area contributed by atoms with Gasteiger partial charge in [-0.1, -0.05) is 70.0 Å². The molecule has 1 aromatic heterocycles. The minimum Gasteiger partial charge on any atom is -0.318 e. The molecule has 1 N–H and O–H groups in total. The van der Waals surface area contributed by atoms with Crippen LogP contribution in [0.25, 0.3) is 5.69 Å². The lowest BCUT2D eigenvalue weighted by molar-refractivity contribution is 0.194. The zero-order valence-corrected chi connectivity index (χ0v) is 18.7. The van der Waals surface area contributed by atoms with Crippen molar-refractivity contribution in [2.24, 2.45) is 0 Å². The predicted molar refractivity (Wildman–Crippen MR) is 127 cm³/mol. The molecule has 4 aromatic rings. The summed E-state index contributed by atoms with van der Waals surface area (Å²) in [5.41, 5.74) is 6.33. The van der Waals surface area contributed by atoms with Crippen LogP contribution in [0.15, 0.2) is 95.6 Å². The van der Waals surface area contributed by atoms with E-state index >= 15 is 0 Å². The van der Waals surface area contributed by atoms with Gasteiger partial charge in [-0.05, 0) is 54.4 Å². The number of aryl methyl sites for hydroxylation is 1. The number of para-hydroxylation sites is 1. The molecule has 0 spiro atoms. The SMILES string of the molecule is Cc1ccc([C@@H]2c3cccn3-c3ccccc3CN2C(=O)Nc2cccc(Br)c2)cc1. The van der Waals surface area contributed by atoms with Gasteiger partial charge in [0, 0.05) is 22.1 Å². The maximum absolute atomic E-state index is 13.6. The molecule has 0 radical (unpaired) electrons. The van der Waals surface area contributed by atoms with Crippen LogP contribution in [0.5, 0.6) is 0 Å². The molecule has 0 aliphatic carbocycles. The fourth-order valence-electron chi connectivity index (χ4n) is 4.20. The summed E-state index contributed by atoms with van der Waals surface area (Å²) in [5.74, 6) is 0. The van der Waals surface area contributed by atoms with Crippen LogP contribution in [0.3, 0.4) is 0 Å². The van der Waals surface area contributed by atoms with E-state index in [1.54, 1.807) is 0 Å². The highest BCUT2D eigenvalue weighted by Crippen LogP contribution is 2.37. The quantitative estimate of drug-likeness (QED) is 0.347. The van der Waals surface area contributed by atoms with Gasteiger partial charge in [-0.25, -0.2) is 4.79 Å². The molecule has 2 heterocycles. The Morgan fingerprint density at radius 2 is 1.77 bits per heavy atom. The fourth-order valence-corrected chi connectivity index (χ4v) is 4.60. The van der Waals surface area contributed by atoms with Crippen molar-refractivity contribution in [1.82, 2.24) is 9.47 Å². The number of amides is 2. The van der Waals surface area contributed by atoms with Crippen molar-refractivity contribution in [3.05, 3.63) is 118 Å². The molecule has 1 aliphatic rings. The molecule has 31 heavy (non-hydrogen) atoms. The summed E-state index contributed by atoms with van der Waals surface area (Å²) in [6.45, 7) is 2.59. The van der Waals surface area contributed by atoms with Gasteiger partial charge in [-0.3, -0.25) is 0 Å². The van der Waals surface area contributed by atoms with Crippen LogP contribution in [0.2, 0.25) is 0 Å². The number of urea groups is 1. The lowest BCUT2D eigenvalue weighted by Gasteiger charge is -2.31. The average Bonchev–Trinajstić information content (AvgIpc) is 3.19. The standard InChI is InChI=1S/C26H22BrN3O/c1-18-11-13-19(14-12-18)25-24-10-5-15-29(24)23-9-3-2-6-20(23)17-30(25)26(31)28-22-8-4-7-21(27)16-22/h2-16,25H,17H2,1H3,(H,28,31)/t25-/m1/s1. The lowest BCUT2D eigenvalue weighted by atomic mass is 10.0. The predicted octanol–water partition coefficient (Wildman–Crippen LogP) is 6.69. The second-order valence-electron chi connectivity index (χ2n) is 7.81. The first-order chi connectivity index (χ1) is 15.1. The van der Waals surface area contributed by atoms with Crippen molar-refractivity contribution in [2.45, 2.75) is 19.5 Å². The molecule has 4 nitrogen and oxygen atoms in total. The number of rotatable bonds is 2. The van der Waals surface area contributed by atoms with Gasteiger partial charge in [0.25, 0.3) is 0 Å². The smallest absolute Gasteiger partial charge is 0.318 e. The van der Waals surface area contributed by atoms with Gasteiger partial charge in [-0.15, -0.1) is 0 Å². The number of hydrogen-bond donors (Lipinski definition) is 1. The highest BCUT2D eigenvalue weighted by Gasteiger charge is 2.32. The molecule has 1 atom stereocenters. The Morgan fingerprint density at radius 3 is 2.58 bits per heavy atom. The molecule has 0 saturated heterocycles. The van der Waals surface area contributed by atoms with Crippen molar-refractivity contribution in [3.63, 3.8) is 0 Å². The third-order valence-corrected chi connectivity index (χ3v) is 6.19. The molecule has 0 bridgehead atoms. The molecule has 2 amide bonds. The van der Waals surface area contributed by atoms with Crippen molar-refractivity contribution in [3.8, 4) is 5.69 Å². The summed E-state index contributed by atoms with van der Waals surface area (Å²) < 4.78 is 3.13. The summed E-state index contributed by atoms with van der Waals surface area (Å²) in [6, 6.07) is 28.2. The summed E-state index contributed by atoms with van der Waals surface area (Å²) in [5, 5.41) is 3.09. The second-order valence-corrected chi connectivity index (χ2v) is 8.73. The average molecular weight is 472 g/mol. The van der Waals surface area contributed by atoms with E-state index < -0.39 is 0 Å². The number of anilines is 1. The van der Waals surface area contributed by atoms with Crippen molar-refractivity contribution >= 4 is 27.6 Å². The molecule has 1 aliphatic heterocycles. The Morgan fingerprint density at radius 1 is 0.968 bits per heavy atom. The van der Waals surface area contributed by atoms with E-state index in [9.17, 15) is 4.79 Å². The van der Waals surface area contributed by atoms with E-state index in [-0.39, 0.29) is 12.1 Å². The number of fused-ring (bicyclic) bond motifs is 3. The van der Waals surface area contributed by atoms with Crippen molar-refractivity contribution in [1.29, 1.82) is 0 Å². The van der Waals surface area contributed by atoms with Gasteiger partial charge < -0.3 is 14.8 Å². The molecular formula is C26H22BrN3O. The molecule has 154 valence electrons. The molecule has 5 rings (SSSR count). The topological polar surface area (TPSA) is 37.3 Å². The van der Waals surface area contributed by atoms with E-state index in [1.807, 2.05) is 47.4 Å². The van der Waals surface area contributed by atoms with Gasteiger partial charge in [0.05, 0.1) is 18.3 Å². The Labute approximate surface area is 190 Å². The van der Waals surface area contributed by atoms with Gasteiger partial charge in [-0.2, -0.15) is 0 Å². The lowest BCUT2D eigenvalue weighted by Crippen LogP contribution is -2.37. The maximum Gasteiger partial charge on any atom is 0.322 e. The monoisotopic (exact) mass is 471 g/mol. The Bertz CT molecular complexity index is 1250. The first-order valence-corrected chi connectivity index (χ1v) is 11.0. The molecule has 0 saturated carbocycles. The minimum absolute atomic E-state index is 0.131. The van der Waals surface area contributed by atoms with E-state index in [0.29, 0.717) is 6.54 Å². The van der Waals surface area contributed by atoms with E-state index in [0.717, 1.165) is 32.7 Å². The second kappa shape index (κ2) is 8.08. The Hall–Kier alpha value is -3.31. The zero-order chi connectivity index (χ0) is 21.4. The molecule has 5 heteroatoms. The van der Waals surface area contributed by atoms with Crippen LogP contribution in [-0.4, -0.2) is 15.5 Å². The van der Waals surface area contributed by atoms with Gasteiger partial charge in [0.15, 0.2) is 0 Å². The third-order valence-electron chi connectivity index (χ3n) is 5.69. The number of aromatic nitrogens is 1. The van der Waals surface area contributed by atoms with Gasteiger partial charge in [0.1, 0.15) is 0 Å². The first kappa shape index (κ1) is 19.6. The van der Waals surface area contributed by atoms with Crippen LogP contribution in [-0.2, 0) is 6.54 Å². The molecule has 0 unspecified atom stereocenters. The number of carbonyl (C=O) groups is 1. The van der Waals surface area contributed by atoms with E-state index in [2.05, 4.69) is 81.4 Å².